The van der Waals surface area contributed by atoms with Gasteiger partial charge in [-0.15, -0.1) is 0 Å². The predicted molar refractivity (Wildman–Crippen MR) is 59.0 cm³/mol. The van der Waals surface area contributed by atoms with Crippen LogP contribution in [0.25, 0.3) is 5.69 Å². The molecule has 0 spiro atoms. The summed E-state index contributed by atoms with van der Waals surface area (Å²) >= 11 is 6.85. The fraction of sp³-hybridized carbons (Fsp3) is 0. The Bertz CT molecular complexity index is 389. The van der Waals surface area contributed by atoms with Gasteiger partial charge in [0.2, 0.25) is 0 Å². The second-order valence-electron chi connectivity index (χ2n) is 2.58. The number of rotatable bonds is 1. The van der Waals surface area contributed by atoms with Crippen LogP contribution in [0.1, 0.15) is 0 Å². The predicted octanol–water partition coefficient (Wildman–Crippen LogP) is 3.40. The van der Waals surface area contributed by atoms with Crippen molar-refractivity contribution in [3.8, 4) is 5.69 Å². The van der Waals surface area contributed by atoms with Crippen molar-refractivity contribution in [2.24, 2.45) is 0 Å². The molecule has 0 saturated carbocycles. The Kier molecular flexibility index (Phi) is 2.51. The Balaban J connectivity index is 2.53. The Morgan fingerprint density at radius 2 is 1.77 bits per heavy atom. The molecule has 0 aliphatic heterocycles. The molecule has 0 amide bonds. The van der Waals surface area contributed by atoms with Crippen LogP contribution < -0.4 is 0 Å². The van der Waals surface area contributed by atoms with Crippen LogP contribution in [-0.4, -0.2) is 9.78 Å². The molecule has 2 aromatic rings. The molecule has 66 valence electrons. The van der Waals surface area contributed by atoms with Crippen LogP contribution in [0, 0.1) is 0 Å². The van der Waals surface area contributed by atoms with Crippen molar-refractivity contribution in [3.05, 3.63) is 45.6 Å². The minimum absolute atomic E-state index is 1.03. The van der Waals surface area contributed by atoms with E-state index in [9.17, 15) is 0 Å². The number of hydrogen-bond donors (Lipinski definition) is 0. The Labute approximate surface area is 92.8 Å². The second kappa shape index (κ2) is 3.64. The summed E-state index contributed by atoms with van der Waals surface area (Å²) in [4.78, 5) is 0. The summed E-state index contributed by atoms with van der Waals surface area (Å²) in [5, 5.41) is 4.14. The summed E-state index contributed by atoms with van der Waals surface area (Å²) in [6.45, 7) is 0. The van der Waals surface area contributed by atoms with Crippen LogP contribution in [-0.2, 0) is 0 Å². The molecule has 0 bridgehead atoms. The number of aromatic nitrogens is 2. The van der Waals surface area contributed by atoms with Crippen LogP contribution in [0.2, 0.25) is 0 Å². The van der Waals surface area contributed by atoms with Gasteiger partial charge in [0.25, 0.3) is 0 Å². The van der Waals surface area contributed by atoms with E-state index in [2.05, 4.69) is 37.0 Å². The normalized spacial score (nSPS) is 10.3. The van der Waals surface area contributed by atoms with E-state index >= 15 is 0 Å². The third-order valence-electron chi connectivity index (χ3n) is 1.62. The van der Waals surface area contributed by atoms with Gasteiger partial charge in [0.05, 0.1) is 5.69 Å². The van der Waals surface area contributed by atoms with E-state index in [0.717, 1.165) is 14.6 Å². The smallest absolute Gasteiger partial charge is 0.0668 e. The lowest BCUT2D eigenvalue weighted by molar-refractivity contribution is 0.879. The molecule has 0 N–H and O–H groups in total. The quantitative estimate of drug-likeness (QED) is 0.789. The van der Waals surface area contributed by atoms with Crippen molar-refractivity contribution in [2.75, 3.05) is 0 Å². The standard InChI is InChI=1S/C9H6Br2N2/c10-7-4-8(11)6-9(5-7)13-3-1-2-12-13/h1-6H. The van der Waals surface area contributed by atoms with Gasteiger partial charge >= 0.3 is 0 Å². The van der Waals surface area contributed by atoms with E-state index in [0.29, 0.717) is 0 Å². The first-order valence-corrected chi connectivity index (χ1v) is 5.30. The van der Waals surface area contributed by atoms with E-state index in [1.54, 1.807) is 6.20 Å². The third-order valence-corrected chi connectivity index (χ3v) is 2.53. The first-order valence-electron chi connectivity index (χ1n) is 3.72. The van der Waals surface area contributed by atoms with Crippen LogP contribution >= 0.6 is 31.9 Å². The van der Waals surface area contributed by atoms with Gasteiger partial charge in [-0.25, -0.2) is 4.68 Å². The summed E-state index contributed by atoms with van der Waals surface area (Å²) in [5.41, 5.74) is 1.03. The molecular weight excluding hydrogens is 296 g/mol. The van der Waals surface area contributed by atoms with Crippen molar-refractivity contribution < 1.29 is 0 Å². The zero-order valence-electron chi connectivity index (χ0n) is 6.61. The minimum atomic E-state index is 1.03. The molecule has 0 aliphatic rings. The maximum absolute atomic E-state index is 4.14. The van der Waals surface area contributed by atoms with Crippen molar-refractivity contribution in [2.45, 2.75) is 0 Å². The number of halogens is 2. The molecule has 4 heteroatoms. The average molecular weight is 302 g/mol. The molecule has 2 nitrogen and oxygen atoms in total. The molecule has 0 unspecified atom stereocenters. The lowest BCUT2D eigenvalue weighted by atomic mass is 10.3. The van der Waals surface area contributed by atoms with Crippen LogP contribution in [0.5, 0.6) is 0 Å². The zero-order chi connectivity index (χ0) is 9.26. The summed E-state index contributed by atoms with van der Waals surface area (Å²) in [6, 6.07) is 7.91. The minimum Gasteiger partial charge on any atom is -0.241 e. The van der Waals surface area contributed by atoms with Crippen molar-refractivity contribution in [1.29, 1.82) is 0 Å². The van der Waals surface area contributed by atoms with Gasteiger partial charge in [0.15, 0.2) is 0 Å². The first kappa shape index (κ1) is 8.97. The Morgan fingerprint density at radius 3 is 2.31 bits per heavy atom. The van der Waals surface area contributed by atoms with E-state index in [1.165, 1.54) is 0 Å². The van der Waals surface area contributed by atoms with Gasteiger partial charge in [-0.1, -0.05) is 31.9 Å². The molecule has 1 aromatic carbocycles. The maximum atomic E-state index is 4.14. The van der Waals surface area contributed by atoms with E-state index < -0.39 is 0 Å². The second-order valence-corrected chi connectivity index (χ2v) is 4.41. The lowest BCUT2D eigenvalue weighted by Crippen LogP contribution is -1.93. The van der Waals surface area contributed by atoms with E-state index in [1.807, 2.05) is 35.1 Å². The molecule has 0 saturated heterocycles. The van der Waals surface area contributed by atoms with Gasteiger partial charge in [-0.2, -0.15) is 5.10 Å². The molecule has 0 aliphatic carbocycles. The highest BCUT2D eigenvalue weighted by molar-refractivity contribution is 9.11. The summed E-state index contributed by atoms with van der Waals surface area (Å²) in [6.07, 6.45) is 3.67. The van der Waals surface area contributed by atoms with E-state index in [4.69, 9.17) is 0 Å². The summed E-state index contributed by atoms with van der Waals surface area (Å²) in [5.74, 6) is 0. The lowest BCUT2D eigenvalue weighted by Gasteiger charge is -2.02. The molecule has 1 aromatic heterocycles. The van der Waals surface area contributed by atoms with Crippen molar-refractivity contribution >= 4 is 31.9 Å². The molecule has 0 atom stereocenters. The van der Waals surface area contributed by atoms with Crippen LogP contribution in [0.15, 0.2) is 45.6 Å². The van der Waals surface area contributed by atoms with Gasteiger partial charge in [0.1, 0.15) is 0 Å². The molecule has 13 heavy (non-hydrogen) atoms. The molecule has 2 rings (SSSR count). The number of nitrogens with zero attached hydrogens (tertiary/aromatic N) is 2. The fourth-order valence-corrected chi connectivity index (χ4v) is 2.36. The SMILES string of the molecule is Brc1cc(Br)cc(-n2cccn2)c1. The summed E-state index contributed by atoms with van der Waals surface area (Å²) < 4.78 is 3.88. The molecule has 0 radical (unpaired) electrons. The number of benzene rings is 1. The van der Waals surface area contributed by atoms with Crippen LogP contribution in [0.3, 0.4) is 0 Å². The van der Waals surface area contributed by atoms with Crippen LogP contribution in [0.4, 0.5) is 0 Å². The largest absolute Gasteiger partial charge is 0.241 e. The van der Waals surface area contributed by atoms with Gasteiger partial charge in [-0.3, -0.25) is 0 Å². The molecule has 0 fully saturated rings. The zero-order valence-corrected chi connectivity index (χ0v) is 9.79. The third kappa shape index (κ3) is 2.00. The first-order chi connectivity index (χ1) is 6.25. The fourth-order valence-electron chi connectivity index (χ4n) is 1.09. The number of hydrogen-bond acceptors (Lipinski definition) is 1. The molecular formula is C9H6Br2N2. The Morgan fingerprint density at radius 1 is 1.08 bits per heavy atom. The Hall–Kier alpha value is -0.610. The van der Waals surface area contributed by atoms with Crippen molar-refractivity contribution in [3.63, 3.8) is 0 Å². The highest BCUT2D eigenvalue weighted by Crippen LogP contribution is 2.21. The maximum Gasteiger partial charge on any atom is 0.0668 e. The summed E-state index contributed by atoms with van der Waals surface area (Å²) in [7, 11) is 0. The highest BCUT2D eigenvalue weighted by atomic mass is 79.9. The van der Waals surface area contributed by atoms with Gasteiger partial charge in [-0.05, 0) is 24.3 Å². The van der Waals surface area contributed by atoms with Gasteiger partial charge in [0, 0.05) is 21.3 Å². The average Bonchev–Trinajstić information content (AvgIpc) is 2.53. The monoisotopic (exact) mass is 300 g/mol. The highest BCUT2D eigenvalue weighted by Gasteiger charge is 1.98. The van der Waals surface area contributed by atoms with Crippen molar-refractivity contribution in [1.82, 2.24) is 9.78 Å². The molecule has 1 heterocycles. The van der Waals surface area contributed by atoms with E-state index in [-0.39, 0.29) is 0 Å². The van der Waals surface area contributed by atoms with Gasteiger partial charge < -0.3 is 0 Å². The topological polar surface area (TPSA) is 17.8 Å².